The maximum absolute atomic E-state index is 11.6. The SMILES string of the molecule is CC(C)(CCN)OC(=O)[C@H]1CCCN1. The van der Waals surface area contributed by atoms with E-state index in [-0.39, 0.29) is 12.0 Å². The molecule has 1 saturated heterocycles. The van der Waals surface area contributed by atoms with Crippen molar-refractivity contribution in [3.05, 3.63) is 0 Å². The normalized spacial score (nSPS) is 22.4. The first-order chi connectivity index (χ1) is 6.55. The summed E-state index contributed by atoms with van der Waals surface area (Å²) in [5, 5.41) is 3.12. The van der Waals surface area contributed by atoms with Crippen LogP contribution in [0.25, 0.3) is 0 Å². The van der Waals surface area contributed by atoms with Gasteiger partial charge in [0.05, 0.1) is 0 Å². The van der Waals surface area contributed by atoms with E-state index in [1.807, 2.05) is 13.8 Å². The number of esters is 1. The van der Waals surface area contributed by atoms with Gasteiger partial charge in [0.2, 0.25) is 0 Å². The fourth-order valence-corrected chi connectivity index (χ4v) is 1.63. The van der Waals surface area contributed by atoms with Gasteiger partial charge in [-0.25, -0.2) is 0 Å². The second-order valence-electron chi connectivity index (χ2n) is 4.37. The Bertz CT molecular complexity index is 198. The summed E-state index contributed by atoms with van der Waals surface area (Å²) in [6.07, 6.45) is 2.64. The van der Waals surface area contributed by atoms with Gasteiger partial charge in [-0.1, -0.05) is 0 Å². The van der Waals surface area contributed by atoms with Gasteiger partial charge in [0.25, 0.3) is 0 Å². The molecule has 0 unspecified atom stereocenters. The van der Waals surface area contributed by atoms with E-state index in [1.54, 1.807) is 0 Å². The number of nitrogens with two attached hydrogens (primary N) is 1. The smallest absolute Gasteiger partial charge is 0.323 e. The third kappa shape index (κ3) is 3.27. The first-order valence-corrected chi connectivity index (χ1v) is 5.21. The molecule has 82 valence electrons. The summed E-state index contributed by atoms with van der Waals surface area (Å²) in [6.45, 7) is 5.24. The minimum absolute atomic E-state index is 0.105. The van der Waals surface area contributed by atoms with Crippen molar-refractivity contribution in [3.63, 3.8) is 0 Å². The Labute approximate surface area is 85.2 Å². The third-order valence-electron chi connectivity index (χ3n) is 2.47. The van der Waals surface area contributed by atoms with Gasteiger partial charge in [-0.2, -0.15) is 0 Å². The average molecular weight is 200 g/mol. The zero-order valence-corrected chi connectivity index (χ0v) is 9.01. The van der Waals surface area contributed by atoms with Gasteiger partial charge in [-0.3, -0.25) is 4.79 Å². The molecule has 0 aliphatic carbocycles. The standard InChI is InChI=1S/C10H20N2O2/c1-10(2,5-6-11)14-9(13)8-4-3-7-12-8/h8,12H,3-7,11H2,1-2H3/t8-/m1/s1. The van der Waals surface area contributed by atoms with E-state index >= 15 is 0 Å². The number of hydrogen-bond acceptors (Lipinski definition) is 4. The summed E-state index contributed by atoms with van der Waals surface area (Å²) in [5.74, 6) is -0.138. The summed E-state index contributed by atoms with van der Waals surface area (Å²) in [5.41, 5.74) is 5.00. The lowest BCUT2D eigenvalue weighted by atomic mass is 10.1. The van der Waals surface area contributed by atoms with Gasteiger partial charge in [0.15, 0.2) is 0 Å². The predicted molar refractivity (Wildman–Crippen MR) is 54.9 cm³/mol. The Morgan fingerprint density at radius 2 is 2.36 bits per heavy atom. The monoisotopic (exact) mass is 200 g/mol. The largest absolute Gasteiger partial charge is 0.458 e. The average Bonchev–Trinajstić information content (AvgIpc) is 2.53. The lowest BCUT2D eigenvalue weighted by Crippen LogP contribution is -2.39. The highest BCUT2D eigenvalue weighted by Crippen LogP contribution is 2.16. The van der Waals surface area contributed by atoms with E-state index in [2.05, 4.69) is 5.32 Å². The van der Waals surface area contributed by atoms with Gasteiger partial charge >= 0.3 is 5.97 Å². The summed E-state index contributed by atoms with van der Waals surface area (Å²) in [4.78, 5) is 11.6. The second-order valence-corrected chi connectivity index (χ2v) is 4.37. The number of hydrogen-bond donors (Lipinski definition) is 2. The molecule has 1 fully saturated rings. The molecule has 4 heteroatoms. The minimum atomic E-state index is -0.434. The molecule has 1 heterocycles. The lowest BCUT2D eigenvalue weighted by molar-refractivity contribution is -0.159. The zero-order valence-electron chi connectivity index (χ0n) is 9.01. The van der Waals surface area contributed by atoms with Crippen molar-refractivity contribution in [1.82, 2.24) is 5.32 Å². The molecule has 0 amide bonds. The number of rotatable bonds is 4. The maximum atomic E-state index is 11.6. The number of nitrogens with one attached hydrogen (secondary N) is 1. The molecule has 4 nitrogen and oxygen atoms in total. The van der Waals surface area contributed by atoms with Crippen LogP contribution < -0.4 is 11.1 Å². The summed E-state index contributed by atoms with van der Waals surface area (Å²) >= 11 is 0. The fourth-order valence-electron chi connectivity index (χ4n) is 1.63. The van der Waals surface area contributed by atoms with Crippen LogP contribution >= 0.6 is 0 Å². The molecule has 0 aromatic carbocycles. The molecule has 0 spiro atoms. The molecule has 3 N–H and O–H groups in total. The molecule has 0 saturated carbocycles. The van der Waals surface area contributed by atoms with Crippen LogP contribution in [0.2, 0.25) is 0 Å². The van der Waals surface area contributed by atoms with E-state index in [1.165, 1.54) is 0 Å². The highest BCUT2D eigenvalue weighted by Gasteiger charge is 2.29. The zero-order chi connectivity index (χ0) is 10.6. The van der Waals surface area contributed by atoms with Crippen molar-refractivity contribution in [2.24, 2.45) is 5.73 Å². The van der Waals surface area contributed by atoms with Gasteiger partial charge < -0.3 is 15.8 Å². The number of carbonyl (C=O) groups excluding carboxylic acids is 1. The Hall–Kier alpha value is -0.610. The van der Waals surface area contributed by atoms with Crippen LogP contribution in [0.1, 0.15) is 33.1 Å². The van der Waals surface area contributed by atoms with Crippen molar-refractivity contribution in [2.75, 3.05) is 13.1 Å². The Morgan fingerprint density at radius 1 is 1.64 bits per heavy atom. The minimum Gasteiger partial charge on any atom is -0.458 e. The van der Waals surface area contributed by atoms with Crippen LogP contribution in [0.15, 0.2) is 0 Å². The van der Waals surface area contributed by atoms with Crippen molar-refractivity contribution < 1.29 is 9.53 Å². The molecule has 0 aromatic rings. The molecule has 0 bridgehead atoms. The van der Waals surface area contributed by atoms with Crippen LogP contribution in [-0.2, 0) is 9.53 Å². The Balaban J connectivity index is 2.38. The van der Waals surface area contributed by atoms with Crippen molar-refractivity contribution in [1.29, 1.82) is 0 Å². The number of carbonyl (C=O) groups is 1. The van der Waals surface area contributed by atoms with Gasteiger partial charge in [-0.05, 0) is 46.2 Å². The van der Waals surface area contributed by atoms with Crippen LogP contribution in [0, 0.1) is 0 Å². The van der Waals surface area contributed by atoms with Crippen LogP contribution in [0.3, 0.4) is 0 Å². The first kappa shape index (κ1) is 11.5. The Kier molecular flexibility index (Phi) is 3.89. The Morgan fingerprint density at radius 3 is 2.86 bits per heavy atom. The maximum Gasteiger partial charge on any atom is 0.323 e. The molecule has 14 heavy (non-hydrogen) atoms. The van der Waals surface area contributed by atoms with Crippen molar-refractivity contribution in [2.45, 2.75) is 44.8 Å². The van der Waals surface area contributed by atoms with E-state index < -0.39 is 5.60 Å². The highest BCUT2D eigenvalue weighted by atomic mass is 16.6. The van der Waals surface area contributed by atoms with Gasteiger partial charge in [-0.15, -0.1) is 0 Å². The molecular formula is C10H20N2O2. The van der Waals surface area contributed by atoms with Crippen molar-refractivity contribution in [3.8, 4) is 0 Å². The summed E-state index contributed by atoms with van der Waals surface area (Å²) < 4.78 is 5.38. The van der Waals surface area contributed by atoms with E-state index in [0.717, 1.165) is 19.4 Å². The highest BCUT2D eigenvalue weighted by molar-refractivity contribution is 5.76. The van der Waals surface area contributed by atoms with Crippen LogP contribution in [0.5, 0.6) is 0 Å². The topological polar surface area (TPSA) is 64.3 Å². The van der Waals surface area contributed by atoms with Crippen molar-refractivity contribution >= 4 is 5.97 Å². The summed E-state index contributed by atoms with van der Waals surface area (Å²) in [6, 6.07) is -0.105. The third-order valence-corrected chi connectivity index (χ3v) is 2.47. The first-order valence-electron chi connectivity index (χ1n) is 5.21. The van der Waals surface area contributed by atoms with Gasteiger partial charge in [0.1, 0.15) is 11.6 Å². The molecule has 0 aromatic heterocycles. The molecule has 1 aliphatic heterocycles. The quantitative estimate of drug-likeness (QED) is 0.645. The van der Waals surface area contributed by atoms with Crippen LogP contribution in [-0.4, -0.2) is 30.7 Å². The second kappa shape index (κ2) is 4.75. The van der Waals surface area contributed by atoms with E-state index in [0.29, 0.717) is 13.0 Å². The molecule has 1 rings (SSSR count). The van der Waals surface area contributed by atoms with Crippen LogP contribution in [0.4, 0.5) is 0 Å². The van der Waals surface area contributed by atoms with E-state index in [4.69, 9.17) is 10.5 Å². The fraction of sp³-hybridized carbons (Fsp3) is 0.900. The predicted octanol–water partition coefficient (Wildman–Crippen LogP) is 0.409. The molecular weight excluding hydrogens is 180 g/mol. The lowest BCUT2D eigenvalue weighted by Gasteiger charge is -2.26. The molecule has 1 aliphatic rings. The number of ether oxygens (including phenoxy) is 1. The summed E-state index contributed by atoms with van der Waals surface area (Å²) in [7, 11) is 0. The van der Waals surface area contributed by atoms with Gasteiger partial charge in [0, 0.05) is 0 Å². The molecule has 0 radical (unpaired) electrons. The molecule has 1 atom stereocenters. The van der Waals surface area contributed by atoms with E-state index in [9.17, 15) is 4.79 Å².